The van der Waals surface area contributed by atoms with E-state index >= 15 is 0 Å². The molecule has 0 amide bonds. The SMILES string of the molecule is C=C(NCBr)[C@H](C)OC. The van der Waals surface area contributed by atoms with Crippen LogP contribution in [0.3, 0.4) is 0 Å². The Kier molecular flexibility index (Phi) is 4.81. The Hall–Kier alpha value is -0.0200. The first-order chi connectivity index (χ1) is 4.22. The van der Waals surface area contributed by atoms with Crippen LogP contribution in [-0.2, 0) is 4.74 Å². The Morgan fingerprint density at radius 2 is 2.44 bits per heavy atom. The summed E-state index contributed by atoms with van der Waals surface area (Å²) in [5, 5.41) is 2.99. The smallest absolute Gasteiger partial charge is 0.0931 e. The molecule has 2 nitrogen and oxygen atoms in total. The number of ether oxygens (including phenoxy) is 1. The maximum absolute atomic E-state index is 4.98. The quantitative estimate of drug-likeness (QED) is 0.540. The molecule has 0 aromatic carbocycles. The van der Waals surface area contributed by atoms with Gasteiger partial charge in [0.2, 0.25) is 0 Å². The van der Waals surface area contributed by atoms with E-state index in [0.717, 1.165) is 11.2 Å². The van der Waals surface area contributed by atoms with Crippen molar-refractivity contribution in [3.05, 3.63) is 12.3 Å². The molecule has 0 aliphatic carbocycles. The molecule has 54 valence electrons. The van der Waals surface area contributed by atoms with E-state index in [-0.39, 0.29) is 6.10 Å². The van der Waals surface area contributed by atoms with Gasteiger partial charge in [-0.05, 0) is 6.92 Å². The highest BCUT2D eigenvalue weighted by atomic mass is 79.9. The molecule has 1 N–H and O–H groups in total. The minimum Gasteiger partial charge on any atom is -0.377 e. The van der Waals surface area contributed by atoms with Crippen LogP contribution in [0.4, 0.5) is 0 Å². The molecule has 0 spiro atoms. The Labute approximate surface area is 64.4 Å². The molecule has 0 saturated heterocycles. The van der Waals surface area contributed by atoms with E-state index < -0.39 is 0 Å². The second-order valence-corrected chi connectivity index (χ2v) is 2.27. The van der Waals surface area contributed by atoms with Gasteiger partial charge in [0.1, 0.15) is 0 Å². The highest BCUT2D eigenvalue weighted by Gasteiger charge is 2.01. The first kappa shape index (κ1) is 8.98. The normalized spacial score (nSPS) is 12.8. The van der Waals surface area contributed by atoms with Crippen LogP contribution in [0.5, 0.6) is 0 Å². The number of halogens is 1. The van der Waals surface area contributed by atoms with Crippen LogP contribution in [0.25, 0.3) is 0 Å². The summed E-state index contributed by atoms with van der Waals surface area (Å²) >= 11 is 3.22. The van der Waals surface area contributed by atoms with Crippen molar-refractivity contribution in [3.63, 3.8) is 0 Å². The van der Waals surface area contributed by atoms with E-state index in [1.807, 2.05) is 6.92 Å². The fraction of sp³-hybridized carbons (Fsp3) is 0.667. The third-order valence-electron chi connectivity index (χ3n) is 1.14. The van der Waals surface area contributed by atoms with E-state index in [9.17, 15) is 0 Å². The molecule has 0 heterocycles. The summed E-state index contributed by atoms with van der Waals surface area (Å²) in [6.45, 7) is 5.69. The largest absolute Gasteiger partial charge is 0.377 e. The number of rotatable bonds is 4. The molecule has 0 rings (SSSR count). The fourth-order valence-electron chi connectivity index (χ4n) is 0.372. The molecule has 0 radical (unpaired) electrons. The van der Waals surface area contributed by atoms with Gasteiger partial charge >= 0.3 is 0 Å². The van der Waals surface area contributed by atoms with Crippen LogP contribution >= 0.6 is 15.9 Å². The fourth-order valence-corrected chi connectivity index (χ4v) is 0.732. The molecule has 1 atom stereocenters. The standard InChI is InChI=1S/C6H12BrNO/c1-5(8-4-7)6(2)9-3/h6,8H,1,4H2,2-3H3/t6-/m0/s1. The second kappa shape index (κ2) is 4.82. The van der Waals surface area contributed by atoms with Gasteiger partial charge in [0.25, 0.3) is 0 Å². The van der Waals surface area contributed by atoms with Crippen LogP contribution < -0.4 is 5.32 Å². The van der Waals surface area contributed by atoms with Crippen LogP contribution in [0.15, 0.2) is 12.3 Å². The van der Waals surface area contributed by atoms with Crippen molar-refractivity contribution in [2.24, 2.45) is 0 Å². The first-order valence-corrected chi connectivity index (χ1v) is 3.86. The summed E-state index contributed by atoms with van der Waals surface area (Å²) in [6.07, 6.45) is 0.0857. The van der Waals surface area contributed by atoms with Gasteiger partial charge in [-0.2, -0.15) is 0 Å². The van der Waals surface area contributed by atoms with Gasteiger partial charge < -0.3 is 10.1 Å². The van der Waals surface area contributed by atoms with E-state index in [0.29, 0.717) is 0 Å². The number of methoxy groups -OCH3 is 1. The Morgan fingerprint density at radius 3 is 2.78 bits per heavy atom. The lowest BCUT2D eigenvalue weighted by Crippen LogP contribution is -2.20. The van der Waals surface area contributed by atoms with Crippen molar-refractivity contribution in [1.82, 2.24) is 5.32 Å². The van der Waals surface area contributed by atoms with E-state index in [2.05, 4.69) is 27.8 Å². The van der Waals surface area contributed by atoms with Crippen molar-refractivity contribution >= 4 is 15.9 Å². The van der Waals surface area contributed by atoms with Gasteiger partial charge in [0, 0.05) is 12.8 Å². The number of alkyl halides is 1. The summed E-state index contributed by atoms with van der Waals surface area (Å²) in [5.41, 5.74) is 1.62. The topological polar surface area (TPSA) is 21.3 Å². The molecule has 0 saturated carbocycles. The lowest BCUT2D eigenvalue weighted by Gasteiger charge is -2.12. The summed E-state index contributed by atoms with van der Waals surface area (Å²) in [6, 6.07) is 0. The molecule has 0 bridgehead atoms. The lowest BCUT2D eigenvalue weighted by molar-refractivity contribution is 0.142. The zero-order valence-corrected chi connectivity index (χ0v) is 7.36. The summed E-state index contributed by atoms with van der Waals surface area (Å²) < 4.78 is 4.98. The predicted octanol–water partition coefficient (Wildman–Crippen LogP) is 1.48. The van der Waals surface area contributed by atoms with Crippen LogP contribution in [-0.4, -0.2) is 18.7 Å². The Bertz CT molecular complexity index is 95.1. The van der Waals surface area contributed by atoms with E-state index in [1.54, 1.807) is 7.11 Å². The molecule has 9 heavy (non-hydrogen) atoms. The monoisotopic (exact) mass is 193 g/mol. The molecule has 0 aromatic heterocycles. The molecule has 0 unspecified atom stereocenters. The molecule has 3 heteroatoms. The molecular weight excluding hydrogens is 182 g/mol. The zero-order chi connectivity index (χ0) is 7.28. The lowest BCUT2D eigenvalue weighted by atomic mass is 10.3. The number of hydrogen-bond acceptors (Lipinski definition) is 2. The Morgan fingerprint density at radius 1 is 1.89 bits per heavy atom. The van der Waals surface area contributed by atoms with Crippen LogP contribution in [0, 0.1) is 0 Å². The second-order valence-electron chi connectivity index (χ2n) is 1.71. The van der Waals surface area contributed by atoms with Gasteiger partial charge in [-0.25, -0.2) is 0 Å². The first-order valence-electron chi connectivity index (χ1n) is 2.73. The van der Waals surface area contributed by atoms with E-state index in [4.69, 9.17) is 4.74 Å². The van der Waals surface area contributed by atoms with Crippen molar-refractivity contribution < 1.29 is 4.74 Å². The molecule has 0 fully saturated rings. The predicted molar refractivity (Wildman–Crippen MR) is 42.5 cm³/mol. The van der Waals surface area contributed by atoms with Crippen LogP contribution in [0.1, 0.15) is 6.92 Å². The van der Waals surface area contributed by atoms with Crippen molar-refractivity contribution in [2.75, 3.05) is 12.6 Å². The maximum atomic E-state index is 4.98. The van der Waals surface area contributed by atoms with Crippen LogP contribution in [0.2, 0.25) is 0 Å². The molecule has 0 aliphatic heterocycles. The van der Waals surface area contributed by atoms with Gasteiger partial charge in [0.05, 0.1) is 11.6 Å². The number of hydrogen-bond donors (Lipinski definition) is 1. The number of nitrogens with one attached hydrogen (secondary N) is 1. The van der Waals surface area contributed by atoms with Gasteiger partial charge in [-0.15, -0.1) is 0 Å². The molecule has 0 aliphatic rings. The van der Waals surface area contributed by atoms with Crippen molar-refractivity contribution in [2.45, 2.75) is 13.0 Å². The van der Waals surface area contributed by atoms with Gasteiger partial charge in [0.15, 0.2) is 0 Å². The molecular formula is C6H12BrNO. The Balaban J connectivity index is 3.46. The third kappa shape index (κ3) is 3.54. The zero-order valence-electron chi connectivity index (χ0n) is 5.78. The van der Waals surface area contributed by atoms with Gasteiger partial charge in [-0.3, -0.25) is 0 Å². The minimum atomic E-state index is 0.0857. The van der Waals surface area contributed by atoms with E-state index in [1.165, 1.54) is 0 Å². The molecule has 0 aromatic rings. The maximum Gasteiger partial charge on any atom is 0.0931 e. The van der Waals surface area contributed by atoms with Crippen molar-refractivity contribution in [1.29, 1.82) is 0 Å². The summed E-state index contributed by atoms with van der Waals surface area (Å²) in [7, 11) is 1.66. The average molecular weight is 194 g/mol. The average Bonchev–Trinajstić information content (AvgIpc) is 1.87. The van der Waals surface area contributed by atoms with Gasteiger partial charge in [-0.1, -0.05) is 22.5 Å². The van der Waals surface area contributed by atoms with Crippen molar-refractivity contribution in [3.8, 4) is 0 Å². The highest BCUT2D eigenvalue weighted by Crippen LogP contribution is 1.97. The summed E-state index contributed by atoms with van der Waals surface area (Å²) in [5.74, 6) is 0. The highest BCUT2D eigenvalue weighted by molar-refractivity contribution is 9.09. The minimum absolute atomic E-state index is 0.0857. The third-order valence-corrected chi connectivity index (χ3v) is 1.42. The summed E-state index contributed by atoms with van der Waals surface area (Å²) in [4.78, 5) is 0.